The van der Waals surface area contributed by atoms with E-state index in [4.69, 9.17) is 9.15 Å². The second-order valence-corrected chi connectivity index (χ2v) is 6.21. The Morgan fingerprint density at radius 2 is 1.84 bits per heavy atom. The molecular weight excluding hydrogens is 343 g/mol. The fourth-order valence-electron chi connectivity index (χ4n) is 1.98. The SMILES string of the molecule is Cc1ccc(C(=O)CSc2nnc(COc3ccc(F)cc3)o2)cc1. The van der Waals surface area contributed by atoms with Crippen LogP contribution in [0.15, 0.2) is 58.2 Å². The molecule has 0 saturated heterocycles. The van der Waals surface area contributed by atoms with Crippen LogP contribution in [0.4, 0.5) is 4.39 Å². The Hall–Kier alpha value is -2.67. The molecule has 0 aliphatic rings. The van der Waals surface area contributed by atoms with Crippen LogP contribution in [0.3, 0.4) is 0 Å². The Balaban J connectivity index is 1.50. The maximum absolute atomic E-state index is 12.8. The Kier molecular flexibility index (Phi) is 5.45. The lowest BCUT2D eigenvalue weighted by atomic mass is 10.1. The molecule has 0 radical (unpaired) electrons. The first-order valence-electron chi connectivity index (χ1n) is 7.53. The zero-order chi connectivity index (χ0) is 17.6. The van der Waals surface area contributed by atoms with Gasteiger partial charge in [-0.25, -0.2) is 4.39 Å². The van der Waals surface area contributed by atoms with Crippen molar-refractivity contribution in [1.29, 1.82) is 0 Å². The molecule has 5 nitrogen and oxygen atoms in total. The predicted molar refractivity (Wildman–Crippen MR) is 91.3 cm³/mol. The molecule has 0 saturated carbocycles. The molecule has 3 aromatic rings. The molecule has 128 valence electrons. The average molecular weight is 358 g/mol. The number of Topliss-reactive ketones (excluding diaryl/α,β-unsaturated/α-hetero) is 1. The highest BCUT2D eigenvalue weighted by Crippen LogP contribution is 2.19. The number of halogens is 1. The number of carbonyl (C=O) groups excluding carboxylic acids is 1. The minimum atomic E-state index is -0.331. The van der Waals surface area contributed by atoms with Crippen LogP contribution < -0.4 is 4.74 Å². The van der Waals surface area contributed by atoms with Crippen LogP contribution in [0.5, 0.6) is 5.75 Å². The number of ketones is 1. The lowest BCUT2D eigenvalue weighted by Gasteiger charge is -2.02. The molecule has 0 amide bonds. The van der Waals surface area contributed by atoms with E-state index in [0.717, 1.165) is 5.56 Å². The number of ether oxygens (including phenoxy) is 1. The van der Waals surface area contributed by atoms with E-state index in [0.29, 0.717) is 16.5 Å². The molecule has 0 fully saturated rings. The summed E-state index contributed by atoms with van der Waals surface area (Å²) in [4.78, 5) is 12.1. The van der Waals surface area contributed by atoms with Crippen LogP contribution in [0, 0.1) is 12.7 Å². The summed E-state index contributed by atoms with van der Waals surface area (Å²) in [5.41, 5.74) is 1.75. The summed E-state index contributed by atoms with van der Waals surface area (Å²) in [6.45, 7) is 2.04. The number of carbonyl (C=O) groups is 1. The number of nitrogens with zero attached hydrogens (tertiary/aromatic N) is 2. The van der Waals surface area contributed by atoms with E-state index in [1.165, 1.54) is 36.0 Å². The van der Waals surface area contributed by atoms with Gasteiger partial charge in [-0.2, -0.15) is 0 Å². The van der Waals surface area contributed by atoms with Crippen LogP contribution in [0.1, 0.15) is 21.8 Å². The van der Waals surface area contributed by atoms with Crippen molar-refractivity contribution in [3.8, 4) is 5.75 Å². The van der Waals surface area contributed by atoms with Crippen molar-refractivity contribution in [3.63, 3.8) is 0 Å². The first kappa shape index (κ1) is 17.2. The molecule has 0 atom stereocenters. The quantitative estimate of drug-likeness (QED) is 0.468. The fourth-order valence-corrected chi connectivity index (χ4v) is 2.66. The third-order valence-corrected chi connectivity index (χ3v) is 4.14. The smallest absolute Gasteiger partial charge is 0.277 e. The highest BCUT2D eigenvalue weighted by atomic mass is 32.2. The van der Waals surface area contributed by atoms with Gasteiger partial charge in [0, 0.05) is 5.56 Å². The van der Waals surface area contributed by atoms with Gasteiger partial charge >= 0.3 is 0 Å². The van der Waals surface area contributed by atoms with Gasteiger partial charge < -0.3 is 9.15 Å². The standard InChI is InChI=1S/C18H15FN2O3S/c1-12-2-4-13(5-3-12)16(22)11-25-18-21-20-17(24-18)10-23-15-8-6-14(19)7-9-15/h2-9H,10-11H2,1H3. The molecule has 1 aromatic heterocycles. The molecule has 0 aliphatic carbocycles. The molecule has 2 aromatic carbocycles. The molecule has 0 unspecified atom stereocenters. The Labute approximate surface area is 148 Å². The molecule has 1 heterocycles. The number of aryl methyl sites for hydroxylation is 1. The third-order valence-electron chi connectivity index (χ3n) is 3.32. The zero-order valence-electron chi connectivity index (χ0n) is 13.4. The summed E-state index contributed by atoms with van der Waals surface area (Å²) in [6, 6.07) is 13.0. The van der Waals surface area contributed by atoms with E-state index in [1.54, 1.807) is 12.1 Å². The van der Waals surface area contributed by atoms with Gasteiger partial charge in [0.15, 0.2) is 12.4 Å². The number of hydrogen-bond acceptors (Lipinski definition) is 6. The maximum Gasteiger partial charge on any atom is 0.277 e. The van der Waals surface area contributed by atoms with Crippen LogP contribution in [-0.4, -0.2) is 21.7 Å². The molecule has 25 heavy (non-hydrogen) atoms. The van der Waals surface area contributed by atoms with E-state index in [2.05, 4.69) is 10.2 Å². The van der Waals surface area contributed by atoms with E-state index < -0.39 is 0 Å². The summed E-state index contributed by atoms with van der Waals surface area (Å²) in [5, 5.41) is 8.04. The number of hydrogen-bond donors (Lipinski definition) is 0. The van der Waals surface area contributed by atoms with Crippen molar-refractivity contribution in [2.45, 2.75) is 18.8 Å². The van der Waals surface area contributed by atoms with E-state index in [1.807, 2.05) is 19.1 Å². The van der Waals surface area contributed by atoms with Gasteiger partial charge in [0.2, 0.25) is 0 Å². The van der Waals surface area contributed by atoms with Gasteiger partial charge in [0.25, 0.3) is 11.1 Å². The average Bonchev–Trinajstić information content (AvgIpc) is 3.08. The summed E-state index contributed by atoms with van der Waals surface area (Å²) >= 11 is 1.18. The van der Waals surface area contributed by atoms with Crippen LogP contribution in [0.2, 0.25) is 0 Å². The van der Waals surface area contributed by atoms with E-state index >= 15 is 0 Å². The number of aromatic nitrogens is 2. The number of benzene rings is 2. The summed E-state index contributed by atoms with van der Waals surface area (Å²) < 4.78 is 23.7. The zero-order valence-corrected chi connectivity index (χ0v) is 14.3. The van der Waals surface area contributed by atoms with Gasteiger partial charge in [0.1, 0.15) is 11.6 Å². The highest BCUT2D eigenvalue weighted by molar-refractivity contribution is 7.99. The lowest BCUT2D eigenvalue weighted by molar-refractivity contribution is 0.102. The van der Waals surface area contributed by atoms with Crippen molar-refractivity contribution < 1.29 is 18.3 Å². The van der Waals surface area contributed by atoms with E-state index in [9.17, 15) is 9.18 Å². The van der Waals surface area contributed by atoms with Crippen molar-refractivity contribution >= 4 is 17.5 Å². The number of thioether (sulfide) groups is 1. The second-order valence-electron chi connectivity index (χ2n) is 5.28. The largest absolute Gasteiger partial charge is 0.484 e. The topological polar surface area (TPSA) is 65.2 Å². The summed E-state index contributed by atoms with van der Waals surface area (Å²) in [6.07, 6.45) is 0. The number of rotatable bonds is 7. The molecule has 0 bridgehead atoms. The van der Waals surface area contributed by atoms with Crippen molar-refractivity contribution in [2.75, 3.05) is 5.75 Å². The monoisotopic (exact) mass is 358 g/mol. The Morgan fingerprint density at radius 1 is 1.12 bits per heavy atom. The maximum atomic E-state index is 12.8. The minimum absolute atomic E-state index is 0.00712. The van der Waals surface area contributed by atoms with Crippen LogP contribution in [0.25, 0.3) is 0 Å². The summed E-state index contributed by atoms with van der Waals surface area (Å²) in [5.74, 6) is 0.663. The molecular formula is C18H15FN2O3S. The minimum Gasteiger partial charge on any atom is -0.484 e. The van der Waals surface area contributed by atoms with Crippen molar-refractivity contribution in [3.05, 3.63) is 71.4 Å². The Morgan fingerprint density at radius 3 is 2.56 bits per heavy atom. The van der Waals surface area contributed by atoms with Gasteiger partial charge in [-0.3, -0.25) is 4.79 Å². The molecule has 7 heteroatoms. The van der Waals surface area contributed by atoms with Crippen molar-refractivity contribution in [1.82, 2.24) is 10.2 Å². The van der Waals surface area contributed by atoms with Crippen molar-refractivity contribution in [2.24, 2.45) is 0 Å². The predicted octanol–water partition coefficient (Wildman–Crippen LogP) is 4.07. The third kappa shape index (κ3) is 4.90. The first-order valence-corrected chi connectivity index (χ1v) is 8.52. The molecule has 3 rings (SSSR count). The summed E-state index contributed by atoms with van der Waals surface area (Å²) in [7, 11) is 0. The highest BCUT2D eigenvalue weighted by Gasteiger charge is 2.11. The normalized spacial score (nSPS) is 10.6. The molecule has 0 N–H and O–H groups in total. The molecule has 0 spiro atoms. The lowest BCUT2D eigenvalue weighted by Crippen LogP contribution is -2.02. The van der Waals surface area contributed by atoms with Gasteiger partial charge in [-0.1, -0.05) is 41.6 Å². The van der Waals surface area contributed by atoms with Gasteiger partial charge in [-0.05, 0) is 31.2 Å². The van der Waals surface area contributed by atoms with E-state index in [-0.39, 0.29) is 29.9 Å². The van der Waals surface area contributed by atoms with Crippen LogP contribution >= 0.6 is 11.8 Å². The molecule has 0 aliphatic heterocycles. The first-order chi connectivity index (χ1) is 12.1. The Bertz CT molecular complexity index is 848. The van der Waals surface area contributed by atoms with Gasteiger partial charge in [0.05, 0.1) is 5.75 Å². The fraction of sp³-hybridized carbons (Fsp3) is 0.167. The van der Waals surface area contributed by atoms with Gasteiger partial charge in [-0.15, -0.1) is 10.2 Å². The van der Waals surface area contributed by atoms with Crippen LogP contribution in [-0.2, 0) is 6.61 Å². The second kappa shape index (κ2) is 7.94.